The molecule has 0 radical (unpaired) electrons. The van der Waals surface area contributed by atoms with Crippen molar-refractivity contribution >= 4 is 17.6 Å². The summed E-state index contributed by atoms with van der Waals surface area (Å²) in [4.78, 5) is 22.0. The Morgan fingerprint density at radius 3 is 2.67 bits per heavy atom. The largest absolute Gasteiger partial charge is 0.495 e. The van der Waals surface area contributed by atoms with E-state index in [0.29, 0.717) is 11.4 Å². The zero-order valence-corrected chi connectivity index (χ0v) is 10.2. The maximum atomic E-state index is 11.5. The van der Waals surface area contributed by atoms with Gasteiger partial charge in [-0.15, -0.1) is 0 Å². The minimum Gasteiger partial charge on any atom is -0.495 e. The molecule has 1 amide bonds. The van der Waals surface area contributed by atoms with E-state index in [4.69, 9.17) is 14.6 Å². The fraction of sp³-hybridized carbons (Fsp3) is 0.333. The van der Waals surface area contributed by atoms with E-state index in [0.717, 1.165) is 0 Å². The van der Waals surface area contributed by atoms with Gasteiger partial charge in [-0.3, -0.25) is 4.79 Å². The number of carbonyl (C=O) groups is 2. The molecule has 0 bridgehead atoms. The minimum atomic E-state index is -1.11. The molecule has 6 nitrogen and oxygen atoms in total. The number of hydrogen-bond acceptors (Lipinski definition) is 4. The highest BCUT2D eigenvalue weighted by molar-refractivity contribution is 5.93. The number of carboxylic acids is 1. The van der Waals surface area contributed by atoms with Crippen LogP contribution in [0.1, 0.15) is 6.92 Å². The third-order valence-corrected chi connectivity index (χ3v) is 2.19. The molecule has 6 heteroatoms. The van der Waals surface area contributed by atoms with Crippen molar-refractivity contribution in [3.8, 4) is 5.75 Å². The smallest absolute Gasteiger partial charge is 0.332 e. The molecule has 1 rings (SSSR count). The van der Waals surface area contributed by atoms with Gasteiger partial charge in [0.05, 0.1) is 12.8 Å². The summed E-state index contributed by atoms with van der Waals surface area (Å²) < 4.78 is 9.92. The Morgan fingerprint density at radius 1 is 1.39 bits per heavy atom. The number of anilines is 1. The SMILES string of the molecule is COc1ccccc1NC(=O)CO[C@H](C)C(=O)O. The topological polar surface area (TPSA) is 84.9 Å². The quantitative estimate of drug-likeness (QED) is 0.793. The molecule has 0 aliphatic heterocycles. The van der Waals surface area contributed by atoms with Crippen LogP contribution in [0.2, 0.25) is 0 Å². The van der Waals surface area contributed by atoms with Crippen molar-refractivity contribution in [3.05, 3.63) is 24.3 Å². The number of para-hydroxylation sites is 2. The Bertz CT molecular complexity index is 432. The molecule has 0 saturated carbocycles. The number of amides is 1. The van der Waals surface area contributed by atoms with Crippen molar-refractivity contribution in [2.75, 3.05) is 19.0 Å². The lowest BCUT2D eigenvalue weighted by Gasteiger charge is -2.11. The molecule has 2 N–H and O–H groups in total. The third kappa shape index (κ3) is 4.06. The van der Waals surface area contributed by atoms with E-state index in [1.54, 1.807) is 24.3 Å². The Balaban J connectivity index is 2.52. The van der Waals surface area contributed by atoms with Crippen LogP contribution in [0.25, 0.3) is 0 Å². The lowest BCUT2D eigenvalue weighted by Crippen LogP contribution is -2.26. The molecule has 0 fully saturated rings. The number of methoxy groups -OCH3 is 1. The average Bonchev–Trinajstić information content (AvgIpc) is 2.36. The second kappa shape index (κ2) is 6.61. The maximum Gasteiger partial charge on any atom is 0.332 e. The molecule has 1 atom stereocenters. The standard InChI is InChI=1S/C12H15NO5/c1-8(12(15)16)18-7-11(14)13-9-5-3-4-6-10(9)17-2/h3-6,8H,7H2,1-2H3,(H,13,14)(H,15,16)/t8-/m1/s1. The molecule has 0 aromatic heterocycles. The van der Waals surface area contributed by atoms with Gasteiger partial charge < -0.3 is 19.9 Å². The van der Waals surface area contributed by atoms with Crippen molar-refractivity contribution in [2.24, 2.45) is 0 Å². The van der Waals surface area contributed by atoms with Crippen LogP contribution in [-0.4, -0.2) is 36.8 Å². The molecule has 0 aliphatic carbocycles. The molecule has 0 heterocycles. The van der Waals surface area contributed by atoms with Gasteiger partial charge in [0.1, 0.15) is 12.4 Å². The lowest BCUT2D eigenvalue weighted by molar-refractivity contribution is -0.150. The number of ether oxygens (including phenoxy) is 2. The predicted molar refractivity (Wildman–Crippen MR) is 64.7 cm³/mol. The monoisotopic (exact) mass is 253 g/mol. The van der Waals surface area contributed by atoms with Gasteiger partial charge in [0.2, 0.25) is 0 Å². The number of aliphatic carboxylic acids is 1. The predicted octanol–water partition coefficient (Wildman–Crippen LogP) is 1.12. The van der Waals surface area contributed by atoms with Crippen molar-refractivity contribution in [3.63, 3.8) is 0 Å². The van der Waals surface area contributed by atoms with E-state index < -0.39 is 18.0 Å². The fourth-order valence-electron chi connectivity index (χ4n) is 1.21. The highest BCUT2D eigenvalue weighted by Crippen LogP contribution is 2.22. The number of rotatable bonds is 6. The van der Waals surface area contributed by atoms with Crippen LogP contribution in [0.3, 0.4) is 0 Å². The normalized spacial score (nSPS) is 11.7. The second-order valence-corrected chi connectivity index (χ2v) is 3.54. The molecule has 0 unspecified atom stereocenters. The highest BCUT2D eigenvalue weighted by Gasteiger charge is 2.14. The first-order valence-electron chi connectivity index (χ1n) is 5.32. The minimum absolute atomic E-state index is 0.328. The van der Waals surface area contributed by atoms with Gasteiger partial charge >= 0.3 is 5.97 Å². The van der Waals surface area contributed by atoms with E-state index in [9.17, 15) is 9.59 Å². The van der Waals surface area contributed by atoms with Crippen LogP contribution < -0.4 is 10.1 Å². The Labute approximate surface area is 105 Å². The molecular formula is C12H15NO5. The van der Waals surface area contributed by atoms with E-state index in [1.807, 2.05) is 0 Å². The summed E-state index contributed by atoms with van der Waals surface area (Å²) in [6.45, 7) is 1.03. The summed E-state index contributed by atoms with van der Waals surface area (Å²) in [5.41, 5.74) is 0.511. The fourth-order valence-corrected chi connectivity index (χ4v) is 1.21. The summed E-state index contributed by atoms with van der Waals surface area (Å²) in [5, 5.41) is 11.2. The van der Waals surface area contributed by atoms with Gasteiger partial charge in [0, 0.05) is 0 Å². The van der Waals surface area contributed by atoms with E-state index >= 15 is 0 Å². The summed E-state index contributed by atoms with van der Waals surface area (Å²) in [5.74, 6) is -1.02. The van der Waals surface area contributed by atoms with Crippen LogP contribution >= 0.6 is 0 Å². The zero-order chi connectivity index (χ0) is 13.5. The third-order valence-electron chi connectivity index (χ3n) is 2.19. The van der Waals surface area contributed by atoms with Gasteiger partial charge in [-0.25, -0.2) is 4.79 Å². The molecule has 0 spiro atoms. The zero-order valence-electron chi connectivity index (χ0n) is 10.2. The van der Waals surface area contributed by atoms with Gasteiger partial charge in [-0.05, 0) is 19.1 Å². The lowest BCUT2D eigenvalue weighted by atomic mass is 10.3. The molecule has 98 valence electrons. The van der Waals surface area contributed by atoms with Crippen LogP contribution in [-0.2, 0) is 14.3 Å². The molecule has 18 heavy (non-hydrogen) atoms. The molecule has 0 saturated heterocycles. The molecule has 0 aliphatic rings. The second-order valence-electron chi connectivity index (χ2n) is 3.54. The van der Waals surface area contributed by atoms with Crippen molar-refractivity contribution in [2.45, 2.75) is 13.0 Å². The first kappa shape index (κ1) is 14.0. The maximum absolute atomic E-state index is 11.5. The van der Waals surface area contributed by atoms with Crippen molar-refractivity contribution in [1.82, 2.24) is 0 Å². The summed E-state index contributed by atoms with van der Waals surface area (Å²) in [6, 6.07) is 6.91. The Morgan fingerprint density at radius 2 is 2.06 bits per heavy atom. The number of carboxylic acid groups (broad SMARTS) is 1. The van der Waals surface area contributed by atoms with E-state index in [-0.39, 0.29) is 6.61 Å². The Kier molecular flexibility index (Phi) is 5.13. The van der Waals surface area contributed by atoms with Crippen molar-refractivity contribution < 1.29 is 24.2 Å². The van der Waals surface area contributed by atoms with Gasteiger partial charge in [-0.1, -0.05) is 12.1 Å². The van der Waals surface area contributed by atoms with Gasteiger partial charge in [0.15, 0.2) is 6.10 Å². The molecule has 1 aromatic rings. The van der Waals surface area contributed by atoms with Crippen molar-refractivity contribution in [1.29, 1.82) is 0 Å². The first-order chi connectivity index (χ1) is 8.54. The Hall–Kier alpha value is -2.08. The van der Waals surface area contributed by atoms with Crippen LogP contribution in [0.5, 0.6) is 5.75 Å². The highest BCUT2D eigenvalue weighted by atomic mass is 16.5. The number of carbonyl (C=O) groups excluding carboxylic acids is 1. The van der Waals surface area contributed by atoms with Gasteiger partial charge in [0.25, 0.3) is 5.91 Å². The van der Waals surface area contributed by atoms with Crippen LogP contribution in [0, 0.1) is 0 Å². The van der Waals surface area contributed by atoms with Gasteiger partial charge in [-0.2, -0.15) is 0 Å². The van der Waals surface area contributed by atoms with Crippen LogP contribution in [0.4, 0.5) is 5.69 Å². The first-order valence-corrected chi connectivity index (χ1v) is 5.32. The summed E-state index contributed by atoms with van der Waals surface area (Å²) in [6.07, 6.45) is -1.02. The average molecular weight is 253 g/mol. The number of benzene rings is 1. The molecule has 1 aromatic carbocycles. The van der Waals surface area contributed by atoms with E-state index in [2.05, 4.69) is 5.32 Å². The summed E-state index contributed by atoms with van der Waals surface area (Å²) in [7, 11) is 1.49. The number of hydrogen-bond donors (Lipinski definition) is 2. The van der Waals surface area contributed by atoms with E-state index in [1.165, 1.54) is 14.0 Å². The van der Waals surface area contributed by atoms with Crippen LogP contribution in [0.15, 0.2) is 24.3 Å². The summed E-state index contributed by atoms with van der Waals surface area (Å²) >= 11 is 0. The number of nitrogens with one attached hydrogen (secondary N) is 1. The molecular weight excluding hydrogens is 238 g/mol.